The molecule has 0 radical (unpaired) electrons. The fourth-order valence-corrected chi connectivity index (χ4v) is 2.82. The van der Waals surface area contributed by atoms with Crippen LogP contribution in [0.25, 0.3) is 10.9 Å². The van der Waals surface area contributed by atoms with Gasteiger partial charge in [-0.2, -0.15) is 5.10 Å². The smallest absolute Gasteiger partial charge is 0.410 e. The number of aromatic nitrogens is 2. The van der Waals surface area contributed by atoms with Gasteiger partial charge in [-0.05, 0) is 51.8 Å². The third-order valence-electron chi connectivity index (χ3n) is 3.89. The standard InChI is InChI=1S/C17H22N4O3/c1-17(2,3)24-16(23)21-8-4-5-14(21)15(22)19-12-6-7-13-11(9-12)10-18-20-13/h6-7,9-10,14H,4-5,8H2,1-3H3,(H,18,20)(H,19,22)/t14-/m0/s1. The number of likely N-dealkylation sites (tertiary alicyclic amines) is 1. The summed E-state index contributed by atoms with van der Waals surface area (Å²) >= 11 is 0. The molecule has 0 bridgehead atoms. The first-order valence-electron chi connectivity index (χ1n) is 8.07. The number of hydrogen-bond acceptors (Lipinski definition) is 4. The van der Waals surface area contributed by atoms with E-state index in [-0.39, 0.29) is 5.91 Å². The third kappa shape index (κ3) is 3.50. The highest BCUT2D eigenvalue weighted by molar-refractivity contribution is 5.98. The molecule has 0 saturated carbocycles. The van der Waals surface area contributed by atoms with E-state index in [1.807, 2.05) is 39.0 Å². The molecule has 1 fully saturated rings. The number of rotatable bonds is 2. The molecule has 0 unspecified atom stereocenters. The SMILES string of the molecule is CC(C)(C)OC(=O)N1CCC[C@H]1C(=O)Nc1ccc2[nH]ncc2c1. The van der Waals surface area contributed by atoms with Crippen LogP contribution in [-0.2, 0) is 9.53 Å². The summed E-state index contributed by atoms with van der Waals surface area (Å²) in [7, 11) is 0. The number of hydrogen-bond donors (Lipinski definition) is 2. The molecule has 7 heteroatoms. The van der Waals surface area contributed by atoms with Gasteiger partial charge in [-0.15, -0.1) is 0 Å². The number of nitrogens with one attached hydrogen (secondary N) is 2. The minimum absolute atomic E-state index is 0.193. The van der Waals surface area contributed by atoms with E-state index in [1.165, 1.54) is 4.90 Å². The van der Waals surface area contributed by atoms with E-state index in [1.54, 1.807) is 6.20 Å². The highest BCUT2D eigenvalue weighted by atomic mass is 16.6. The Morgan fingerprint density at radius 1 is 1.38 bits per heavy atom. The largest absolute Gasteiger partial charge is 0.444 e. The maximum Gasteiger partial charge on any atom is 0.410 e. The van der Waals surface area contributed by atoms with Gasteiger partial charge in [0.25, 0.3) is 0 Å². The first kappa shape index (κ1) is 16.3. The van der Waals surface area contributed by atoms with Crippen molar-refractivity contribution < 1.29 is 14.3 Å². The summed E-state index contributed by atoms with van der Waals surface area (Å²) in [6, 6.07) is 5.02. The van der Waals surface area contributed by atoms with Gasteiger partial charge in [-0.3, -0.25) is 14.8 Å². The molecule has 1 atom stereocenters. The van der Waals surface area contributed by atoms with Crippen molar-refractivity contribution in [2.75, 3.05) is 11.9 Å². The van der Waals surface area contributed by atoms with Crippen molar-refractivity contribution in [1.29, 1.82) is 0 Å². The number of fused-ring (bicyclic) bond motifs is 1. The van der Waals surface area contributed by atoms with Crippen LogP contribution in [0.4, 0.5) is 10.5 Å². The molecule has 0 spiro atoms. The number of carbonyl (C=O) groups excluding carboxylic acids is 2. The van der Waals surface area contributed by atoms with Crippen molar-refractivity contribution >= 4 is 28.6 Å². The predicted molar refractivity (Wildman–Crippen MR) is 90.7 cm³/mol. The molecule has 128 valence electrons. The van der Waals surface area contributed by atoms with Gasteiger partial charge < -0.3 is 10.1 Å². The number of H-pyrrole nitrogens is 1. The number of nitrogens with zero attached hydrogens (tertiary/aromatic N) is 2. The van der Waals surface area contributed by atoms with Gasteiger partial charge in [-0.1, -0.05) is 0 Å². The Morgan fingerprint density at radius 3 is 2.92 bits per heavy atom. The molecule has 2 N–H and O–H groups in total. The molecule has 2 amide bonds. The third-order valence-corrected chi connectivity index (χ3v) is 3.89. The Kier molecular flexibility index (Phi) is 4.17. The zero-order valence-corrected chi connectivity index (χ0v) is 14.1. The van der Waals surface area contributed by atoms with Crippen LogP contribution in [0.15, 0.2) is 24.4 Å². The van der Waals surface area contributed by atoms with Crippen molar-refractivity contribution in [3.05, 3.63) is 24.4 Å². The molecule has 3 rings (SSSR count). The summed E-state index contributed by atoms with van der Waals surface area (Å²) in [5.41, 5.74) is 1.02. The minimum Gasteiger partial charge on any atom is -0.444 e. The zero-order valence-electron chi connectivity index (χ0n) is 14.1. The van der Waals surface area contributed by atoms with Crippen LogP contribution >= 0.6 is 0 Å². The van der Waals surface area contributed by atoms with Crippen LogP contribution in [0.1, 0.15) is 33.6 Å². The summed E-state index contributed by atoms with van der Waals surface area (Å²) in [4.78, 5) is 26.4. The lowest BCUT2D eigenvalue weighted by Crippen LogP contribution is -2.45. The van der Waals surface area contributed by atoms with Crippen LogP contribution in [0.5, 0.6) is 0 Å². The molecule has 2 heterocycles. The lowest BCUT2D eigenvalue weighted by molar-refractivity contribution is -0.120. The second kappa shape index (κ2) is 6.14. The van der Waals surface area contributed by atoms with Crippen LogP contribution in [0.3, 0.4) is 0 Å². The van der Waals surface area contributed by atoms with Crippen LogP contribution in [0, 0.1) is 0 Å². The Bertz CT molecular complexity index is 763. The van der Waals surface area contributed by atoms with Crippen LogP contribution < -0.4 is 5.32 Å². The number of carbonyl (C=O) groups is 2. The molecule has 2 aromatic rings. The van der Waals surface area contributed by atoms with Crippen molar-refractivity contribution in [2.24, 2.45) is 0 Å². The number of amides is 2. The van der Waals surface area contributed by atoms with Gasteiger partial charge in [0, 0.05) is 17.6 Å². The molecular formula is C17H22N4O3. The summed E-state index contributed by atoms with van der Waals surface area (Å²) in [5.74, 6) is -0.193. The van der Waals surface area contributed by atoms with Gasteiger partial charge >= 0.3 is 6.09 Å². The summed E-state index contributed by atoms with van der Waals surface area (Å²) in [5, 5.41) is 10.6. The van der Waals surface area contributed by atoms with E-state index in [4.69, 9.17) is 4.74 Å². The van der Waals surface area contributed by atoms with Crippen LogP contribution in [0.2, 0.25) is 0 Å². The van der Waals surface area contributed by atoms with Crippen molar-refractivity contribution in [3.63, 3.8) is 0 Å². The summed E-state index contributed by atoms with van der Waals surface area (Å²) in [6.07, 6.45) is 2.69. The highest BCUT2D eigenvalue weighted by Gasteiger charge is 2.36. The first-order valence-corrected chi connectivity index (χ1v) is 8.07. The van der Waals surface area contributed by atoms with Gasteiger partial charge in [0.1, 0.15) is 11.6 Å². The maximum absolute atomic E-state index is 12.6. The molecular weight excluding hydrogens is 308 g/mol. The Labute approximate surface area is 140 Å². The second-order valence-corrected chi connectivity index (χ2v) is 6.99. The molecule has 7 nitrogen and oxygen atoms in total. The molecule has 1 aromatic carbocycles. The number of anilines is 1. The van der Waals surface area contributed by atoms with Crippen molar-refractivity contribution in [3.8, 4) is 0 Å². The highest BCUT2D eigenvalue weighted by Crippen LogP contribution is 2.23. The van der Waals surface area contributed by atoms with E-state index < -0.39 is 17.7 Å². The quantitative estimate of drug-likeness (QED) is 0.886. The van der Waals surface area contributed by atoms with Gasteiger partial charge in [0.05, 0.1) is 11.7 Å². The average molecular weight is 330 g/mol. The summed E-state index contributed by atoms with van der Waals surface area (Å²) in [6.45, 7) is 5.98. The Balaban J connectivity index is 1.70. The number of ether oxygens (including phenoxy) is 1. The Hall–Kier alpha value is -2.57. The zero-order chi connectivity index (χ0) is 17.3. The van der Waals surface area contributed by atoms with E-state index >= 15 is 0 Å². The van der Waals surface area contributed by atoms with Gasteiger partial charge in [0.15, 0.2) is 0 Å². The topological polar surface area (TPSA) is 87.3 Å². The molecule has 1 aromatic heterocycles. The lowest BCUT2D eigenvalue weighted by atomic mass is 10.2. The number of aromatic amines is 1. The van der Waals surface area contributed by atoms with Crippen LogP contribution in [-0.4, -0.2) is 45.3 Å². The maximum atomic E-state index is 12.6. The fraction of sp³-hybridized carbons (Fsp3) is 0.471. The number of benzene rings is 1. The fourth-order valence-electron chi connectivity index (χ4n) is 2.82. The minimum atomic E-state index is -0.576. The molecule has 24 heavy (non-hydrogen) atoms. The molecule has 1 saturated heterocycles. The Morgan fingerprint density at radius 2 is 2.17 bits per heavy atom. The van der Waals surface area contributed by atoms with Crippen molar-refractivity contribution in [2.45, 2.75) is 45.3 Å². The lowest BCUT2D eigenvalue weighted by Gasteiger charge is -2.28. The van der Waals surface area contributed by atoms with Gasteiger partial charge in [-0.25, -0.2) is 4.79 Å². The molecule has 1 aliphatic heterocycles. The van der Waals surface area contributed by atoms with Crippen molar-refractivity contribution in [1.82, 2.24) is 15.1 Å². The van der Waals surface area contributed by atoms with Gasteiger partial charge in [0.2, 0.25) is 5.91 Å². The average Bonchev–Trinajstić information content (AvgIpc) is 3.14. The second-order valence-electron chi connectivity index (χ2n) is 6.99. The normalized spacial score (nSPS) is 18.0. The monoisotopic (exact) mass is 330 g/mol. The molecule has 0 aliphatic carbocycles. The van der Waals surface area contributed by atoms with E-state index in [0.29, 0.717) is 18.7 Å². The summed E-state index contributed by atoms with van der Waals surface area (Å²) < 4.78 is 5.39. The van der Waals surface area contributed by atoms with E-state index in [0.717, 1.165) is 17.3 Å². The predicted octanol–water partition coefficient (Wildman–Crippen LogP) is 2.90. The first-order chi connectivity index (χ1) is 11.3. The van der Waals surface area contributed by atoms with E-state index in [9.17, 15) is 9.59 Å². The molecule has 1 aliphatic rings. The van der Waals surface area contributed by atoms with E-state index in [2.05, 4.69) is 15.5 Å².